The van der Waals surface area contributed by atoms with Crippen LogP contribution in [0.1, 0.15) is 26.2 Å². The maximum atomic E-state index is 11.7. The molecule has 3 N–H and O–H groups in total. The summed E-state index contributed by atoms with van der Waals surface area (Å²) in [6.45, 7) is 4.50. The van der Waals surface area contributed by atoms with Crippen LogP contribution < -0.4 is 11.1 Å². The third kappa shape index (κ3) is 4.91. The first-order valence-electron chi connectivity index (χ1n) is 5.94. The summed E-state index contributed by atoms with van der Waals surface area (Å²) in [6, 6.07) is 0. The molecule has 1 heterocycles. The molecule has 1 aliphatic rings. The molecular formula is C11H22ClN3O2. The fourth-order valence-electron chi connectivity index (χ4n) is 1.88. The molecule has 1 unspecified atom stereocenters. The molecule has 0 bridgehead atoms. The van der Waals surface area contributed by atoms with Gasteiger partial charge in [0.1, 0.15) is 0 Å². The van der Waals surface area contributed by atoms with Gasteiger partial charge >= 0.3 is 0 Å². The van der Waals surface area contributed by atoms with Gasteiger partial charge in [0.15, 0.2) is 0 Å². The van der Waals surface area contributed by atoms with Gasteiger partial charge in [0.2, 0.25) is 11.8 Å². The molecule has 0 radical (unpaired) electrons. The van der Waals surface area contributed by atoms with Gasteiger partial charge in [0.05, 0.1) is 5.92 Å². The van der Waals surface area contributed by atoms with Crippen LogP contribution >= 0.6 is 12.4 Å². The molecule has 0 saturated carbocycles. The van der Waals surface area contributed by atoms with Crippen LogP contribution in [-0.4, -0.2) is 42.9 Å². The zero-order valence-corrected chi connectivity index (χ0v) is 11.1. The van der Waals surface area contributed by atoms with Gasteiger partial charge in [-0.3, -0.25) is 9.59 Å². The van der Waals surface area contributed by atoms with Crippen LogP contribution in [0.3, 0.4) is 0 Å². The molecule has 0 aromatic carbocycles. The summed E-state index contributed by atoms with van der Waals surface area (Å²) >= 11 is 0. The van der Waals surface area contributed by atoms with E-state index in [0.717, 1.165) is 12.8 Å². The van der Waals surface area contributed by atoms with E-state index in [1.54, 1.807) is 4.90 Å². The summed E-state index contributed by atoms with van der Waals surface area (Å²) in [6.07, 6.45) is 2.18. The molecule has 17 heavy (non-hydrogen) atoms. The summed E-state index contributed by atoms with van der Waals surface area (Å²) < 4.78 is 0. The highest BCUT2D eigenvalue weighted by molar-refractivity contribution is 5.89. The Hall–Kier alpha value is -0.810. The SMILES string of the molecule is CCN1CC(C(=O)NCCCCN)CC1=O.Cl. The van der Waals surface area contributed by atoms with Gasteiger partial charge < -0.3 is 16.0 Å². The number of nitrogens with zero attached hydrogens (tertiary/aromatic N) is 1. The Kier molecular flexibility index (Phi) is 7.91. The van der Waals surface area contributed by atoms with Gasteiger partial charge in [0.25, 0.3) is 0 Å². The van der Waals surface area contributed by atoms with Crippen molar-refractivity contribution in [1.29, 1.82) is 0 Å². The van der Waals surface area contributed by atoms with E-state index in [1.807, 2.05) is 6.92 Å². The Balaban J connectivity index is 0.00000256. The quantitative estimate of drug-likeness (QED) is 0.669. The minimum atomic E-state index is -0.162. The van der Waals surface area contributed by atoms with Crippen molar-refractivity contribution >= 4 is 24.2 Å². The van der Waals surface area contributed by atoms with Crippen LogP contribution in [-0.2, 0) is 9.59 Å². The van der Waals surface area contributed by atoms with Gasteiger partial charge in [0, 0.05) is 26.1 Å². The maximum absolute atomic E-state index is 11.7. The number of likely N-dealkylation sites (tertiary alicyclic amines) is 1. The van der Waals surface area contributed by atoms with Crippen molar-refractivity contribution < 1.29 is 9.59 Å². The molecule has 1 atom stereocenters. The average molecular weight is 264 g/mol. The number of nitrogens with one attached hydrogen (secondary N) is 1. The lowest BCUT2D eigenvalue weighted by Gasteiger charge is -2.13. The van der Waals surface area contributed by atoms with Crippen LogP contribution in [0.4, 0.5) is 0 Å². The van der Waals surface area contributed by atoms with Crippen molar-refractivity contribution in [3.05, 3.63) is 0 Å². The van der Waals surface area contributed by atoms with Crippen LogP contribution in [0.15, 0.2) is 0 Å². The van der Waals surface area contributed by atoms with E-state index in [9.17, 15) is 9.59 Å². The second-order valence-electron chi connectivity index (χ2n) is 4.12. The van der Waals surface area contributed by atoms with Crippen molar-refractivity contribution in [3.8, 4) is 0 Å². The minimum absolute atomic E-state index is 0. The largest absolute Gasteiger partial charge is 0.356 e. The van der Waals surface area contributed by atoms with E-state index < -0.39 is 0 Å². The smallest absolute Gasteiger partial charge is 0.225 e. The third-order valence-electron chi connectivity index (χ3n) is 2.90. The predicted octanol–water partition coefficient (Wildman–Crippen LogP) is 0.132. The molecule has 6 heteroatoms. The Bertz CT molecular complexity index is 261. The third-order valence-corrected chi connectivity index (χ3v) is 2.90. The fourth-order valence-corrected chi connectivity index (χ4v) is 1.88. The second-order valence-corrected chi connectivity index (χ2v) is 4.12. The highest BCUT2D eigenvalue weighted by atomic mass is 35.5. The lowest BCUT2D eigenvalue weighted by atomic mass is 10.1. The summed E-state index contributed by atoms with van der Waals surface area (Å²) in [5.41, 5.74) is 5.36. The Labute approximate surface area is 109 Å². The molecule has 0 spiro atoms. The Morgan fingerprint density at radius 2 is 2.24 bits per heavy atom. The second kappa shape index (κ2) is 8.31. The molecule has 1 rings (SSSR count). The van der Waals surface area contributed by atoms with E-state index in [-0.39, 0.29) is 30.1 Å². The fraction of sp³-hybridized carbons (Fsp3) is 0.818. The first-order valence-corrected chi connectivity index (χ1v) is 5.94. The normalized spacial score (nSPS) is 19.1. The lowest BCUT2D eigenvalue weighted by Crippen LogP contribution is -2.33. The molecule has 100 valence electrons. The van der Waals surface area contributed by atoms with Crippen LogP contribution in [0.25, 0.3) is 0 Å². The number of amides is 2. The van der Waals surface area contributed by atoms with E-state index in [2.05, 4.69) is 5.32 Å². The molecule has 1 saturated heterocycles. The lowest BCUT2D eigenvalue weighted by molar-refractivity contribution is -0.128. The van der Waals surface area contributed by atoms with Crippen molar-refractivity contribution in [2.24, 2.45) is 11.7 Å². The maximum Gasteiger partial charge on any atom is 0.225 e. The average Bonchev–Trinajstić information content (AvgIpc) is 2.66. The number of unbranched alkanes of at least 4 members (excludes halogenated alkanes) is 1. The van der Waals surface area contributed by atoms with E-state index in [0.29, 0.717) is 32.6 Å². The van der Waals surface area contributed by atoms with E-state index in [4.69, 9.17) is 5.73 Å². The standard InChI is InChI=1S/C11H21N3O2.ClH/c1-2-14-8-9(7-10(14)15)11(16)13-6-4-3-5-12;/h9H,2-8,12H2,1H3,(H,13,16);1H. The molecule has 1 aliphatic heterocycles. The van der Waals surface area contributed by atoms with Gasteiger partial charge in [-0.25, -0.2) is 0 Å². The molecule has 0 aromatic rings. The number of hydrogen-bond donors (Lipinski definition) is 2. The van der Waals surface area contributed by atoms with Gasteiger partial charge in [-0.2, -0.15) is 0 Å². The van der Waals surface area contributed by atoms with Crippen molar-refractivity contribution in [1.82, 2.24) is 10.2 Å². The van der Waals surface area contributed by atoms with Crippen molar-refractivity contribution in [2.75, 3.05) is 26.2 Å². The minimum Gasteiger partial charge on any atom is -0.356 e. The van der Waals surface area contributed by atoms with Gasteiger partial charge in [-0.05, 0) is 26.3 Å². The Morgan fingerprint density at radius 3 is 2.76 bits per heavy atom. The number of hydrogen-bond acceptors (Lipinski definition) is 3. The first kappa shape index (κ1) is 16.2. The monoisotopic (exact) mass is 263 g/mol. The number of rotatable bonds is 6. The summed E-state index contributed by atoms with van der Waals surface area (Å²) in [4.78, 5) is 24.8. The molecule has 0 aliphatic carbocycles. The van der Waals surface area contributed by atoms with Crippen LogP contribution in [0.2, 0.25) is 0 Å². The van der Waals surface area contributed by atoms with Crippen LogP contribution in [0.5, 0.6) is 0 Å². The van der Waals surface area contributed by atoms with Crippen LogP contribution in [0, 0.1) is 5.92 Å². The molecule has 5 nitrogen and oxygen atoms in total. The summed E-state index contributed by atoms with van der Waals surface area (Å²) in [5, 5.41) is 2.85. The first-order chi connectivity index (χ1) is 7.69. The van der Waals surface area contributed by atoms with Crippen molar-refractivity contribution in [2.45, 2.75) is 26.2 Å². The number of carbonyl (C=O) groups is 2. The number of halogens is 1. The highest BCUT2D eigenvalue weighted by Gasteiger charge is 2.32. The number of nitrogens with two attached hydrogens (primary N) is 1. The van der Waals surface area contributed by atoms with Gasteiger partial charge in [-0.1, -0.05) is 0 Å². The number of carbonyl (C=O) groups excluding carboxylic acids is 2. The zero-order valence-electron chi connectivity index (χ0n) is 10.3. The Morgan fingerprint density at radius 1 is 1.53 bits per heavy atom. The van der Waals surface area contributed by atoms with E-state index >= 15 is 0 Å². The zero-order chi connectivity index (χ0) is 12.0. The predicted molar refractivity (Wildman–Crippen MR) is 68.9 cm³/mol. The summed E-state index contributed by atoms with van der Waals surface area (Å²) in [5.74, 6) is -0.0729. The molecule has 1 fully saturated rings. The van der Waals surface area contributed by atoms with Crippen molar-refractivity contribution in [3.63, 3.8) is 0 Å². The molecule has 2 amide bonds. The summed E-state index contributed by atoms with van der Waals surface area (Å²) in [7, 11) is 0. The topological polar surface area (TPSA) is 75.4 Å². The van der Waals surface area contributed by atoms with Gasteiger partial charge in [-0.15, -0.1) is 12.4 Å². The van der Waals surface area contributed by atoms with E-state index in [1.165, 1.54) is 0 Å². The molecule has 0 aromatic heterocycles. The highest BCUT2D eigenvalue weighted by Crippen LogP contribution is 2.17. The molecular weight excluding hydrogens is 242 g/mol.